The molecule has 2 rings (SSSR count). The van der Waals surface area contributed by atoms with Crippen molar-refractivity contribution >= 4 is 17.4 Å². The first-order valence-electron chi connectivity index (χ1n) is 8.38. The number of hydrogen-bond donors (Lipinski definition) is 1. The third-order valence-electron chi connectivity index (χ3n) is 3.80. The predicted molar refractivity (Wildman–Crippen MR) is 99.9 cm³/mol. The summed E-state index contributed by atoms with van der Waals surface area (Å²) >= 11 is 0. The highest BCUT2D eigenvalue weighted by molar-refractivity contribution is 6.16. The maximum Gasteiger partial charge on any atom is 0.336 e. The largest absolute Gasteiger partial charge is 0.494 e. The Kier molecular flexibility index (Phi) is 6.22. The summed E-state index contributed by atoms with van der Waals surface area (Å²) in [6, 6.07) is 9.62. The van der Waals surface area contributed by atoms with E-state index in [0.29, 0.717) is 30.3 Å². The lowest BCUT2D eigenvalue weighted by Gasteiger charge is -2.16. The van der Waals surface area contributed by atoms with Crippen LogP contribution in [0.15, 0.2) is 36.4 Å². The minimum absolute atomic E-state index is 0.0445. The van der Waals surface area contributed by atoms with Gasteiger partial charge in [-0.05, 0) is 44.2 Å². The van der Waals surface area contributed by atoms with Gasteiger partial charge < -0.3 is 19.5 Å². The SMILES string of the molecule is CCOc1ccc(C(=O)c2cc(N(C)C)ccc2C(=O)O)c(OCC)c1. The third-order valence-corrected chi connectivity index (χ3v) is 3.80. The minimum Gasteiger partial charge on any atom is -0.494 e. The maximum absolute atomic E-state index is 13.1. The number of hydrogen-bond acceptors (Lipinski definition) is 5. The number of ether oxygens (including phenoxy) is 2. The molecule has 138 valence electrons. The molecule has 2 aromatic carbocycles. The Bertz CT molecular complexity index is 814. The number of anilines is 1. The summed E-state index contributed by atoms with van der Waals surface area (Å²) in [6.45, 7) is 4.55. The van der Waals surface area contributed by atoms with Crippen molar-refractivity contribution in [2.75, 3.05) is 32.2 Å². The van der Waals surface area contributed by atoms with Gasteiger partial charge in [-0.1, -0.05) is 0 Å². The van der Waals surface area contributed by atoms with Gasteiger partial charge in [0, 0.05) is 31.4 Å². The first-order valence-corrected chi connectivity index (χ1v) is 8.38. The molecule has 0 aliphatic carbocycles. The van der Waals surface area contributed by atoms with Crippen LogP contribution >= 0.6 is 0 Å². The van der Waals surface area contributed by atoms with Gasteiger partial charge in [0.2, 0.25) is 0 Å². The zero-order valence-corrected chi connectivity index (χ0v) is 15.4. The molecule has 1 N–H and O–H groups in total. The number of carboxylic acid groups (broad SMARTS) is 1. The summed E-state index contributed by atoms with van der Waals surface area (Å²) in [4.78, 5) is 26.5. The standard InChI is InChI=1S/C20H23NO5/c1-5-25-14-8-10-16(18(12-14)26-6-2)19(22)17-11-13(21(3)4)7-9-15(17)20(23)24/h7-12H,5-6H2,1-4H3,(H,23,24). The Hall–Kier alpha value is -3.02. The molecule has 6 heteroatoms. The number of carboxylic acids is 1. The monoisotopic (exact) mass is 357 g/mol. The first-order chi connectivity index (χ1) is 12.4. The summed E-state index contributed by atoms with van der Waals surface area (Å²) in [5.74, 6) is -0.594. The normalized spacial score (nSPS) is 10.3. The molecule has 0 atom stereocenters. The summed E-state index contributed by atoms with van der Waals surface area (Å²) in [7, 11) is 3.65. The molecule has 0 amide bonds. The van der Waals surface area contributed by atoms with Crippen LogP contribution in [-0.2, 0) is 0 Å². The average molecular weight is 357 g/mol. The van der Waals surface area contributed by atoms with Crippen molar-refractivity contribution < 1.29 is 24.2 Å². The van der Waals surface area contributed by atoms with Gasteiger partial charge in [0.15, 0.2) is 5.78 Å². The van der Waals surface area contributed by atoms with Crippen LogP contribution in [0.4, 0.5) is 5.69 Å². The zero-order chi connectivity index (χ0) is 19.3. The van der Waals surface area contributed by atoms with Crippen LogP contribution in [-0.4, -0.2) is 44.2 Å². The molecule has 26 heavy (non-hydrogen) atoms. The molecular formula is C20H23NO5. The smallest absolute Gasteiger partial charge is 0.336 e. The number of carbonyl (C=O) groups excluding carboxylic acids is 1. The van der Waals surface area contributed by atoms with Gasteiger partial charge in [0.25, 0.3) is 0 Å². The number of aromatic carboxylic acids is 1. The van der Waals surface area contributed by atoms with E-state index in [1.807, 2.05) is 32.8 Å². The van der Waals surface area contributed by atoms with Crippen LogP contribution in [0.2, 0.25) is 0 Å². The highest BCUT2D eigenvalue weighted by Gasteiger charge is 2.22. The summed E-state index contributed by atoms with van der Waals surface area (Å²) in [5.41, 5.74) is 1.11. The molecule has 0 aliphatic rings. The molecule has 0 fully saturated rings. The Balaban J connectivity index is 2.57. The third kappa shape index (κ3) is 4.14. The van der Waals surface area contributed by atoms with E-state index in [1.54, 1.807) is 30.3 Å². The van der Waals surface area contributed by atoms with Crippen molar-refractivity contribution in [3.63, 3.8) is 0 Å². The molecule has 0 aromatic heterocycles. The highest BCUT2D eigenvalue weighted by atomic mass is 16.5. The van der Waals surface area contributed by atoms with Gasteiger partial charge in [-0.25, -0.2) is 4.79 Å². The van der Waals surface area contributed by atoms with Gasteiger partial charge >= 0.3 is 5.97 Å². The van der Waals surface area contributed by atoms with Crippen LogP contribution in [0.5, 0.6) is 11.5 Å². The quantitative estimate of drug-likeness (QED) is 0.729. The van der Waals surface area contributed by atoms with Crippen LogP contribution in [0, 0.1) is 0 Å². The Morgan fingerprint density at radius 3 is 2.15 bits per heavy atom. The lowest BCUT2D eigenvalue weighted by Crippen LogP contribution is -2.15. The fraction of sp³-hybridized carbons (Fsp3) is 0.300. The number of nitrogens with zero attached hydrogens (tertiary/aromatic N) is 1. The number of rotatable bonds is 8. The Labute approximate surface area is 153 Å². The van der Waals surface area contributed by atoms with Crippen LogP contribution in [0.3, 0.4) is 0 Å². The molecule has 0 saturated heterocycles. The van der Waals surface area contributed by atoms with Gasteiger partial charge in [-0.15, -0.1) is 0 Å². The summed E-state index contributed by atoms with van der Waals surface area (Å²) < 4.78 is 11.0. The lowest BCUT2D eigenvalue weighted by molar-refractivity contribution is 0.0692. The zero-order valence-electron chi connectivity index (χ0n) is 15.4. The fourth-order valence-corrected chi connectivity index (χ4v) is 2.55. The molecule has 0 aliphatic heterocycles. The fourth-order valence-electron chi connectivity index (χ4n) is 2.55. The maximum atomic E-state index is 13.1. The topological polar surface area (TPSA) is 76.1 Å². The second-order valence-corrected chi connectivity index (χ2v) is 5.78. The number of ketones is 1. The van der Waals surface area contributed by atoms with E-state index in [0.717, 1.165) is 5.69 Å². The van der Waals surface area contributed by atoms with Crippen molar-refractivity contribution in [1.29, 1.82) is 0 Å². The molecule has 0 bridgehead atoms. The Morgan fingerprint density at radius 1 is 0.923 bits per heavy atom. The second kappa shape index (κ2) is 8.38. The summed E-state index contributed by atoms with van der Waals surface area (Å²) in [6.07, 6.45) is 0. The van der Waals surface area contributed by atoms with Crippen molar-refractivity contribution in [2.45, 2.75) is 13.8 Å². The van der Waals surface area contributed by atoms with Crippen LogP contribution in [0.25, 0.3) is 0 Å². The van der Waals surface area contributed by atoms with Gasteiger partial charge in [0.05, 0.1) is 24.3 Å². The number of benzene rings is 2. The second-order valence-electron chi connectivity index (χ2n) is 5.78. The van der Waals surface area contributed by atoms with Crippen molar-refractivity contribution in [3.05, 3.63) is 53.1 Å². The van der Waals surface area contributed by atoms with E-state index >= 15 is 0 Å². The van der Waals surface area contributed by atoms with Gasteiger partial charge in [-0.3, -0.25) is 4.79 Å². The van der Waals surface area contributed by atoms with E-state index < -0.39 is 11.8 Å². The van der Waals surface area contributed by atoms with Crippen molar-refractivity contribution in [1.82, 2.24) is 0 Å². The lowest BCUT2D eigenvalue weighted by atomic mass is 9.96. The first kappa shape index (κ1) is 19.3. The molecular weight excluding hydrogens is 334 g/mol. The predicted octanol–water partition coefficient (Wildman–Crippen LogP) is 3.48. The molecule has 6 nitrogen and oxygen atoms in total. The average Bonchev–Trinajstić information content (AvgIpc) is 2.61. The molecule has 2 aromatic rings. The van der Waals surface area contributed by atoms with Crippen LogP contribution < -0.4 is 14.4 Å². The van der Waals surface area contributed by atoms with E-state index in [1.165, 1.54) is 6.07 Å². The Morgan fingerprint density at radius 2 is 1.58 bits per heavy atom. The summed E-state index contributed by atoms with van der Waals surface area (Å²) in [5, 5.41) is 9.46. The van der Waals surface area contributed by atoms with Gasteiger partial charge in [-0.2, -0.15) is 0 Å². The highest BCUT2D eigenvalue weighted by Crippen LogP contribution is 2.29. The van der Waals surface area contributed by atoms with E-state index in [4.69, 9.17) is 9.47 Å². The van der Waals surface area contributed by atoms with Gasteiger partial charge in [0.1, 0.15) is 11.5 Å². The molecule has 0 spiro atoms. The van der Waals surface area contributed by atoms with Crippen molar-refractivity contribution in [2.24, 2.45) is 0 Å². The number of carbonyl (C=O) groups is 2. The van der Waals surface area contributed by atoms with Crippen molar-refractivity contribution in [3.8, 4) is 11.5 Å². The molecule has 0 saturated carbocycles. The van der Waals surface area contributed by atoms with Crippen LogP contribution in [0.1, 0.15) is 40.1 Å². The van der Waals surface area contributed by atoms with E-state index in [9.17, 15) is 14.7 Å². The molecule has 0 radical (unpaired) electrons. The minimum atomic E-state index is -1.15. The molecule has 0 heterocycles. The van der Waals surface area contributed by atoms with E-state index in [-0.39, 0.29) is 11.1 Å². The van der Waals surface area contributed by atoms with E-state index in [2.05, 4.69) is 0 Å². The molecule has 0 unspecified atom stereocenters.